The van der Waals surface area contributed by atoms with Crippen LogP contribution in [0.2, 0.25) is 0 Å². The Morgan fingerprint density at radius 3 is 2.64 bits per heavy atom. The molecule has 7 heteroatoms. The van der Waals surface area contributed by atoms with Crippen molar-refractivity contribution in [2.24, 2.45) is 5.73 Å². The Morgan fingerprint density at radius 2 is 2.08 bits per heavy atom. The van der Waals surface area contributed by atoms with E-state index < -0.39 is 17.2 Å². The summed E-state index contributed by atoms with van der Waals surface area (Å²) < 4.78 is 16.0. The molecule has 134 valence electrons. The molecule has 0 saturated heterocycles. The predicted octanol–water partition coefficient (Wildman–Crippen LogP) is 2.48. The van der Waals surface area contributed by atoms with Gasteiger partial charge in [-0.25, -0.2) is 9.18 Å². The molecule has 4 N–H and O–H groups in total. The standard InChI is InChI=1S/C18H22FN3O3/c1-10(2)4-7-22-11(3)16(18(24)25)17(23)12-8-13(19)14(9-15(12)22)21-6-5-20/h4,8-9,21H,5-7,20H2,1-3H3,(H,24,25). The lowest BCUT2D eigenvalue weighted by atomic mass is 10.1. The molecule has 6 nitrogen and oxygen atoms in total. The van der Waals surface area contributed by atoms with Crippen LogP contribution < -0.4 is 16.5 Å². The first-order chi connectivity index (χ1) is 11.8. The van der Waals surface area contributed by atoms with Gasteiger partial charge >= 0.3 is 5.97 Å². The van der Waals surface area contributed by atoms with Crippen LogP contribution in [0.5, 0.6) is 0 Å². The number of nitrogens with zero attached hydrogens (tertiary/aromatic N) is 1. The maximum atomic E-state index is 14.3. The van der Waals surface area contributed by atoms with Crippen LogP contribution in [-0.2, 0) is 6.54 Å². The predicted molar refractivity (Wildman–Crippen MR) is 96.8 cm³/mol. The van der Waals surface area contributed by atoms with E-state index in [2.05, 4.69) is 5.32 Å². The summed E-state index contributed by atoms with van der Waals surface area (Å²) in [5.41, 5.74) is 6.50. The quantitative estimate of drug-likeness (QED) is 0.698. The number of hydrogen-bond donors (Lipinski definition) is 3. The van der Waals surface area contributed by atoms with Crippen LogP contribution in [-0.4, -0.2) is 28.7 Å². The molecule has 0 spiro atoms. The van der Waals surface area contributed by atoms with Crippen molar-refractivity contribution in [3.05, 3.63) is 51.1 Å². The number of aromatic carboxylic acids is 1. The molecule has 0 fully saturated rings. The van der Waals surface area contributed by atoms with Crippen molar-refractivity contribution in [3.63, 3.8) is 0 Å². The lowest BCUT2D eigenvalue weighted by molar-refractivity contribution is 0.0694. The van der Waals surface area contributed by atoms with Crippen LogP contribution in [0, 0.1) is 12.7 Å². The number of aromatic nitrogens is 1. The number of nitrogens with two attached hydrogens (primary N) is 1. The molecule has 0 atom stereocenters. The van der Waals surface area contributed by atoms with Crippen molar-refractivity contribution in [2.75, 3.05) is 18.4 Å². The van der Waals surface area contributed by atoms with Crippen LogP contribution in [0.1, 0.15) is 29.9 Å². The van der Waals surface area contributed by atoms with E-state index >= 15 is 0 Å². The van der Waals surface area contributed by atoms with Gasteiger partial charge in [0.1, 0.15) is 11.4 Å². The first-order valence-electron chi connectivity index (χ1n) is 7.95. The highest BCUT2D eigenvalue weighted by Gasteiger charge is 2.20. The average molecular weight is 347 g/mol. The Hall–Kier alpha value is -2.67. The average Bonchev–Trinajstić information content (AvgIpc) is 2.53. The van der Waals surface area contributed by atoms with Gasteiger partial charge in [0.25, 0.3) is 0 Å². The third-order valence-corrected chi connectivity index (χ3v) is 3.97. The highest BCUT2D eigenvalue weighted by atomic mass is 19.1. The zero-order chi connectivity index (χ0) is 18.7. The van der Waals surface area contributed by atoms with E-state index in [0.717, 1.165) is 11.6 Å². The van der Waals surface area contributed by atoms with Crippen molar-refractivity contribution in [1.82, 2.24) is 4.57 Å². The monoisotopic (exact) mass is 347 g/mol. The van der Waals surface area contributed by atoms with Crippen molar-refractivity contribution in [1.29, 1.82) is 0 Å². The highest BCUT2D eigenvalue weighted by molar-refractivity contribution is 5.95. The number of rotatable bonds is 6. The molecule has 0 amide bonds. The largest absolute Gasteiger partial charge is 0.477 e. The van der Waals surface area contributed by atoms with E-state index in [4.69, 9.17) is 5.73 Å². The molecule has 0 aliphatic heterocycles. The van der Waals surface area contributed by atoms with E-state index in [1.54, 1.807) is 11.5 Å². The SMILES string of the molecule is CC(C)=CCn1c(C)c(C(=O)O)c(=O)c2cc(F)c(NCCN)cc21. The molecule has 0 aliphatic carbocycles. The number of carboxylic acids is 1. The topological polar surface area (TPSA) is 97.3 Å². The fourth-order valence-corrected chi connectivity index (χ4v) is 2.68. The van der Waals surface area contributed by atoms with Crippen molar-refractivity contribution < 1.29 is 14.3 Å². The number of benzene rings is 1. The van der Waals surface area contributed by atoms with Gasteiger partial charge in [0.15, 0.2) is 0 Å². The Morgan fingerprint density at radius 1 is 1.40 bits per heavy atom. The Kier molecular flexibility index (Phi) is 5.58. The van der Waals surface area contributed by atoms with E-state index in [1.165, 1.54) is 6.07 Å². The molecule has 0 radical (unpaired) electrons. The van der Waals surface area contributed by atoms with Gasteiger partial charge < -0.3 is 20.7 Å². The second kappa shape index (κ2) is 7.48. The molecular formula is C18H22FN3O3. The summed E-state index contributed by atoms with van der Waals surface area (Å²) in [5.74, 6) is -1.94. The van der Waals surface area contributed by atoms with Gasteiger partial charge in [-0.2, -0.15) is 0 Å². The molecule has 1 aromatic heterocycles. The van der Waals surface area contributed by atoms with Crippen molar-refractivity contribution in [2.45, 2.75) is 27.3 Å². The van der Waals surface area contributed by atoms with Crippen LogP contribution in [0.15, 0.2) is 28.6 Å². The van der Waals surface area contributed by atoms with Crippen molar-refractivity contribution in [3.8, 4) is 0 Å². The zero-order valence-electron chi connectivity index (χ0n) is 14.5. The Bertz CT molecular complexity index is 912. The lowest BCUT2D eigenvalue weighted by Gasteiger charge is -2.17. The van der Waals surface area contributed by atoms with Crippen LogP contribution in [0.3, 0.4) is 0 Å². The molecule has 2 aromatic rings. The van der Waals surface area contributed by atoms with Crippen molar-refractivity contribution >= 4 is 22.6 Å². The number of pyridine rings is 1. The molecule has 2 rings (SSSR count). The minimum Gasteiger partial charge on any atom is -0.477 e. The fraction of sp³-hybridized carbons (Fsp3) is 0.333. The number of nitrogens with one attached hydrogen (secondary N) is 1. The molecule has 1 aromatic carbocycles. The van der Waals surface area contributed by atoms with Gasteiger partial charge in [-0.05, 0) is 32.9 Å². The third-order valence-electron chi connectivity index (χ3n) is 3.97. The van der Waals surface area contributed by atoms with Crippen LogP contribution >= 0.6 is 0 Å². The number of carbonyl (C=O) groups is 1. The number of anilines is 1. The molecule has 0 unspecified atom stereocenters. The summed E-state index contributed by atoms with van der Waals surface area (Å²) in [7, 11) is 0. The highest BCUT2D eigenvalue weighted by Crippen LogP contribution is 2.24. The normalized spacial score (nSPS) is 10.8. The first-order valence-corrected chi connectivity index (χ1v) is 7.95. The van der Waals surface area contributed by atoms with E-state index in [-0.39, 0.29) is 16.6 Å². The molecule has 0 aliphatic rings. The molecular weight excluding hydrogens is 325 g/mol. The molecule has 0 saturated carbocycles. The summed E-state index contributed by atoms with van der Waals surface area (Å²) in [4.78, 5) is 24.1. The summed E-state index contributed by atoms with van der Waals surface area (Å²) in [6, 6.07) is 2.61. The van der Waals surface area contributed by atoms with Gasteiger partial charge in [0.05, 0.1) is 11.2 Å². The Labute approximate surface area is 144 Å². The number of allylic oxidation sites excluding steroid dienone is 2. The summed E-state index contributed by atoms with van der Waals surface area (Å²) in [5, 5.41) is 12.3. The lowest BCUT2D eigenvalue weighted by Crippen LogP contribution is -2.23. The minimum absolute atomic E-state index is 0.0426. The number of fused-ring (bicyclic) bond motifs is 1. The summed E-state index contributed by atoms with van der Waals surface area (Å²) in [6.07, 6.45) is 1.92. The fourth-order valence-electron chi connectivity index (χ4n) is 2.68. The number of carboxylic acid groups (broad SMARTS) is 1. The number of hydrogen-bond acceptors (Lipinski definition) is 4. The van der Waals surface area contributed by atoms with E-state index in [9.17, 15) is 19.1 Å². The second-order valence-corrected chi connectivity index (χ2v) is 6.05. The minimum atomic E-state index is -1.32. The van der Waals surface area contributed by atoms with Gasteiger partial charge in [-0.1, -0.05) is 11.6 Å². The zero-order valence-corrected chi connectivity index (χ0v) is 14.5. The maximum Gasteiger partial charge on any atom is 0.341 e. The van der Waals surface area contributed by atoms with Gasteiger partial charge in [0, 0.05) is 30.7 Å². The summed E-state index contributed by atoms with van der Waals surface area (Å²) in [6.45, 7) is 6.52. The van der Waals surface area contributed by atoms with E-state index in [0.29, 0.717) is 30.8 Å². The molecule has 0 bridgehead atoms. The smallest absolute Gasteiger partial charge is 0.341 e. The van der Waals surface area contributed by atoms with Gasteiger partial charge in [0.2, 0.25) is 5.43 Å². The molecule has 1 heterocycles. The van der Waals surface area contributed by atoms with E-state index in [1.807, 2.05) is 19.9 Å². The Balaban J connectivity index is 2.85. The van der Waals surface area contributed by atoms with Crippen LogP contribution in [0.4, 0.5) is 10.1 Å². The van der Waals surface area contributed by atoms with Gasteiger partial charge in [-0.15, -0.1) is 0 Å². The summed E-state index contributed by atoms with van der Waals surface area (Å²) >= 11 is 0. The molecule has 25 heavy (non-hydrogen) atoms. The third kappa shape index (κ3) is 3.71. The number of halogens is 1. The van der Waals surface area contributed by atoms with Crippen LogP contribution in [0.25, 0.3) is 10.9 Å². The van der Waals surface area contributed by atoms with Gasteiger partial charge in [-0.3, -0.25) is 4.79 Å². The second-order valence-electron chi connectivity index (χ2n) is 6.05. The first kappa shape index (κ1) is 18.7. The maximum absolute atomic E-state index is 14.3.